The van der Waals surface area contributed by atoms with Crippen molar-refractivity contribution in [1.29, 1.82) is 0 Å². The first kappa shape index (κ1) is 76.3. The van der Waals surface area contributed by atoms with Crippen molar-refractivity contribution >= 4 is 17.9 Å². The molecule has 0 aromatic rings. The van der Waals surface area contributed by atoms with Crippen molar-refractivity contribution in [2.75, 3.05) is 13.2 Å². The molecule has 0 saturated carbocycles. The molecule has 0 amide bonds. The fraction of sp³-hybridized carbons (Fsp3) is 0.743. The third-order valence-electron chi connectivity index (χ3n) is 14.8. The highest BCUT2D eigenvalue weighted by Gasteiger charge is 2.19. The van der Waals surface area contributed by atoms with Gasteiger partial charge in [0.15, 0.2) is 6.10 Å². The van der Waals surface area contributed by atoms with Crippen LogP contribution in [-0.2, 0) is 28.6 Å². The number of ether oxygens (including phenoxy) is 3. The van der Waals surface area contributed by atoms with E-state index in [1.165, 1.54) is 180 Å². The van der Waals surface area contributed by atoms with Crippen LogP contribution in [0.3, 0.4) is 0 Å². The lowest BCUT2D eigenvalue weighted by Crippen LogP contribution is -2.30. The second-order valence-corrected chi connectivity index (χ2v) is 22.7. The number of hydrogen-bond donors (Lipinski definition) is 0. The van der Waals surface area contributed by atoms with Crippen LogP contribution in [0.25, 0.3) is 0 Å². The smallest absolute Gasteiger partial charge is 0.306 e. The number of esters is 3. The van der Waals surface area contributed by atoms with E-state index in [4.69, 9.17) is 14.2 Å². The summed E-state index contributed by atoms with van der Waals surface area (Å²) in [5, 5.41) is 0. The highest BCUT2D eigenvalue weighted by Crippen LogP contribution is 2.17. The van der Waals surface area contributed by atoms with Crippen LogP contribution in [0.1, 0.15) is 335 Å². The molecule has 6 heteroatoms. The zero-order valence-electron chi connectivity index (χ0n) is 52.8. The molecule has 0 aliphatic carbocycles. The molecular weight excluding hydrogens is 985 g/mol. The molecule has 0 aliphatic rings. The monoisotopic (exact) mass is 1110 g/mol. The Morgan fingerprint density at radius 3 is 0.787 bits per heavy atom. The first-order valence-corrected chi connectivity index (χ1v) is 34.2. The van der Waals surface area contributed by atoms with E-state index >= 15 is 0 Å². The van der Waals surface area contributed by atoms with E-state index in [1.807, 2.05) is 0 Å². The molecule has 6 nitrogen and oxygen atoms in total. The topological polar surface area (TPSA) is 78.9 Å². The highest BCUT2D eigenvalue weighted by molar-refractivity contribution is 5.71. The van der Waals surface area contributed by atoms with Gasteiger partial charge in [-0.15, -0.1) is 0 Å². The van der Waals surface area contributed by atoms with Crippen molar-refractivity contribution in [1.82, 2.24) is 0 Å². The molecule has 0 spiro atoms. The standard InChI is InChI=1S/C74H128O6/c1-4-7-10-13-16-19-22-25-28-30-32-33-34-35-36-37-38-39-40-41-43-44-46-49-52-55-58-61-64-67-73(76)79-70-71(69-78-72(75)66-63-60-57-54-51-48-27-24-21-18-15-12-9-6-3)80-74(77)68-65-62-59-56-53-50-47-45-42-31-29-26-23-20-17-14-11-8-5-2/h7,10,16-17,19-20,25-26,28-29,32-33,35-36,42,45,71H,4-6,8-9,11-15,18,21-24,27,30-31,34,37-41,43-44,46-70H2,1-3H3/b10-7-,19-16-,20-17-,28-25-,29-26-,33-32-,36-35-,45-42-. The van der Waals surface area contributed by atoms with Crippen LogP contribution in [0.4, 0.5) is 0 Å². The summed E-state index contributed by atoms with van der Waals surface area (Å²) in [6.07, 6.45) is 91.3. The number of rotatable bonds is 62. The van der Waals surface area contributed by atoms with Crippen molar-refractivity contribution in [3.05, 3.63) is 97.2 Å². The highest BCUT2D eigenvalue weighted by atomic mass is 16.6. The molecule has 0 heterocycles. The summed E-state index contributed by atoms with van der Waals surface area (Å²) in [5.74, 6) is -0.878. The van der Waals surface area contributed by atoms with Gasteiger partial charge in [0.05, 0.1) is 0 Å². The molecule has 0 aromatic heterocycles. The molecule has 1 atom stereocenters. The summed E-state index contributed by atoms with van der Waals surface area (Å²) in [5.41, 5.74) is 0. The molecule has 80 heavy (non-hydrogen) atoms. The normalized spacial score (nSPS) is 12.7. The predicted octanol–water partition coefficient (Wildman–Crippen LogP) is 23.6. The summed E-state index contributed by atoms with van der Waals surface area (Å²) < 4.78 is 17.0. The lowest BCUT2D eigenvalue weighted by Gasteiger charge is -2.18. The SMILES string of the molecule is CC/C=C\C/C=C\C/C=C\C/C=C\C/C=C\CCCCCCCCCCCCCCCC(=O)OCC(COC(=O)CCCCCCCCCCCCCCCC)OC(=O)CCCCCCCC/C=C\C/C=C\C/C=C\CCCCC. The Morgan fingerprint density at radius 1 is 0.263 bits per heavy atom. The van der Waals surface area contributed by atoms with E-state index in [0.29, 0.717) is 19.3 Å². The number of allylic oxidation sites excluding steroid dienone is 16. The molecule has 460 valence electrons. The molecule has 0 rings (SSSR count). The number of carbonyl (C=O) groups is 3. The third-order valence-corrected chi connectivity index (χ3v) is 14.8. The lowest BCUT2D eigenvalue weighted by atomic mass is 10.0. The van der Waals surface area contributed by atoms with Crippen molar-refractivity contribution in [2.45, 2.75) is 341 Å². The van der Waals surface area contributed by atoms with Gasteiger partial charge in [-0.1, -0.05) is 311 Å². The second-order valence-electron chi connectivity index (χ2n) is 22.7. The van der Waals surface area contributed by atoms with E-state index in [9.17, 15) is 14.4 Å². The van der Waals surface area contributed by atoms with Crippen LogP contribution in [0.15, 0.2) is 97.2 Å². The Balaban J connectivity index is 4.29. The Morgan fingerprint density at radius 2 is 0.487 bits per heavy atom. The van der Waals surface area contributed by atoms with Gasteiger partial charge in [-0.05, 0) is 103 Å². The van der Waals surface area contributed by atoms with E-state index < -0.39 is 6.10 Å². The van der Waals surface area contributed by atoms with Gasteiger partial charge in [0.1, 0.15) is 13.2 Å². The van der Waals surface area contributed by atoms with Crippen molar-refractivity contribution < 1.29 is 28.6 Å². The summed E-state index contributed by atoms with van der Waals surface area (Å²) in [4.78, 5) is 38.4. The first-order valence-electron chi connectivity index (χ1n) is 34.2. The molecule has 0 saturated heterocycles. The van der Waals surface area contributed by atoms with Gasteiger partial charge in [0, 0.05) is 19.3 Å². The minimum Gasteiger partial charge on any atom is -0.462 e. The molecule has 0 aliphatic heterocycles. The molecule has 0 radical (unpaired) electrons. The average molecular weight is 1110 g/mol. The van der Waals surface area contributed by atoms with Crippen LogP contribution in [0, 0.1) is 0 Å². The zero-order chi connectivity index (χ0) is 57.8. The summed E-state index contributed by atoms with van der Waals surface area (Å²) in [6, 6.07) is 0. The minimum atomic E-state index is -0.785. The van der Waals surface area contributed by atoms with Gasteiger partial charge in [0.2, 0.25) is 0 Å². The maximum Gasteiger partial charge on any atom is 0.306 e. The Labute approximate surface area is 496 Å². The lowest BCUT2D eigenvalue weighted by molar-refractivity contribution is -0.167. The first-order chi connectivity index (χ1) is 39.5. The van der Waals surface area contributed by atoms with Gasteiger partial charge in [-0.25, -0.2) is 0 Å². The van der Waals surface area contributed by atoms with Crippen LogP contribution in [0.2, 0.25) is 0 Å². The summed E-state index contributed by atoms with van der Waals surface area (Å²) in [6.45, 7) is 6.53. The maximum atomic E-state index is 12.9. The molecule has 0 N–H and O–H groups in total. The third kappa shape index (κ3) is 65.1. The summed E-state index contributed by atoms with van der Waals surface area (Å²) in [7, 11) is 0. The number of hydrogen-bond acceptors (Lipinski definition) is 6. The number of carbonyl (C=O) groups excluding carboxylic acids is 3. The van der Waals surface area contributed by atoms with Crippen LogP contribution in [0.5, 0.6) is 0 Å². The van der Waals surface area contributed by atoms with Crippen LogP contribution in [-0.4, -0.2) is 37.2 Å². The predicted molar refractivity (Wildman–Crippen MR) is 348 cm³/mol. The van der Waals surface area contributed by atoms with Crippen LogP contribution >= 0.6 is 0 Å². The Kier molecular flexibility index (Phi) is 64.7. The zero-order valence-corrected chi connectivity index (χ0v) is 52.8. The van der Waals surface area contributed by atoms with E-state index in [2.05, 4.69) is 118 Å². The Hall–Kier alpha value is -3.67. The summed E-state index contributed by atoms with van der Waals surface area (Å²) >= 11 is 0. The average Bonchev–Trinajstić information content (AvgIpc) is 3.46. The minimum absolute atomic E-state index is 0.0792. The van der Waals surface area contributed by atoms with Gasteiger partial charge >= 0.3 is 17.9 Å². The van der Waals surface area contributed by atoms with E-state index in [1.54, 1.807) is 0 Å². The molecule has 1 unspecified atom stereocenters. The van der Waals surface area contributed by atoms with Crippen molar-refractivity contribution in [2.24, 2.45) is 0 Å². The molecular formula is C74H128O6. The number of unbranched alkanes of at least 4 members (excludes halogenated alkanes) is 35. The van der Waals surface area contributed by atoms with Crippen molar-refractivity contribution in [3.8, 4) is 0 Å². The molecule has 0 fully saturated rings. The molecule has 0 aromatic carbocycles. The fourth-order valence-corrected chi connectivity index (χ4v) is 9.71. The Bertz CT molecular complexity index is 1560. The maximum absolute atomic E-state index is 12.9. The van der Waals surface area contributed by atoms with Gasteiger partial charge in [-0.3, -0.25) is 14.4 Å². The fourth-order valence-electron chi connectivity index (χ4n) is 9.71. The van der Waals surface area contributed by atoms with Gasteiger partial charge in [0.25, 0.3) is 0 Å². The van der Waals surface area contributed by atoms with E-state index in [-0.39, 0.29) is 31.1 Å². The van der Waals surface area contributed by atoms with Crippen LogP contribution < -0.4 is 0 Å². The quantitative estimate of drug-likeness (QED) is 0.0261. The van der Waals surface area contributed by atoms with E-state index in [0.717, 1.165) is 116 Å². The molecule has 0 bridgehead atoms. The largest absolute Gasteiger partial charge is 0.462 e. The van der Waals surface area contributed by atoms with Gasteiger partial charge in [-0.2, -0.15) is 0 Å². The van der Waals surface area contributed by atoms with Crippen molar-refractivity contribution in [3.63, 3.8) is 0 Å². The second kappa shape index (κ2) is 67.8. The van der Waals surface area contributed by atoms with Gasteiger partial charge < -0.3 is 14.2 Å².